The number of hydrogen-bond acceptors (Lipinski definition) is 9. The number of nitrogens with zero attached hydrogens (tertiary/aromatic N) is 3. The standard InChI is InChI=1S/C26H43N9O7/c1-18(2)23(34-22(36)17-42-15-14-41-13-12-40-11-10-31-35-29)25(38)33-21(4-3-9-30-26(28)39)24(37)32-20-7-5-19(16-27)6-8-20/h5-8,18,21,23H,3-4,9-17,27H2,1-2H3,(H,32,37)(H,33,38)(H,34,36)(H3,28,30,39)/t21-,23-/m0/s1. The van der Waals surface area contributed by atoms with Crippen molar-refractivity contribution < 1.29 is 33.4 Å². The minimum Gasteiger partial charge on any atom is -0.379 e. The number of carbonyl (C=O) groups is 4. The number of nitrogens with two attached hydrogens (primary N) is 2. The van der Waals surface area contributed by atoms with E-state index < -0.39 is 35.8 Å². The molecular weight excluding hydrogens is 550 g/mol. The van der Waals surface area contributed by atoms with Crippen LogP contribution in [0.25, 0.3) is 10.4 Å². The zero-order valence-electron chi connectivity index (χ0n) is 24.2. The van der Waals surface area contributed by atoms with E-state index in [0.717, 1.165) is 5.56 Å². The third-order valence-electron chi connectivity index (χ3n) is 5.70. The highest BCUT2D eigenvalue weighted by atomic mass is 16.5. The largest absolute Gasteiger partial charge is 0.379 e. The lowest BCUT2D eigenvalue weighted by atomic mass is 10.0. The van der Waals surface area contributed by atoms with Gasteiger partial charge in [0.2, 0.25) is 17.7 Å². The van der Waals surface area contributed by atoms with Gasteiger partial charge in [0, 0.05) is 30.2 Å². The molecule has 8 N–H and O–H groups in total. The molecule has 1 aromatic carbocycles. The molecule has 0 aromatic heterocycles. The molecule has 0 aliphatic heterocycles. The first-order valence-electron chi connectivity index (χ1n) is 13.6. The van der Waals surface area contributed by atoms with Crippen molar-refractivity contribution in [1.29, 1.82) is 0 Å². The lowest BCUT2D eigenvalue weighted by Crippen LogP contribution is -2.55. The van der Waals surface area contributed by atoms with Gasteiger partial charge in [-0.05, 0) is 42.0 Å². The third kappa shape index (κ3) is 16.3. The van der Waals surface area contributed by atoms with Crippen LogP contribution in [-0.4, -0.2) is 88.6 Å². The quantitative estimate of drug-likeness (QED) is 0.0477. The van der Waals surface area contributed by atoms with Crippen LogP contribution in [0.15, 0.2) is 29.4 Å². The van der Waals surface area contributed by atoms with Gasteiger partial charge in [-0.15, -0.1) is 0 Å². The van der Waals surface area contributed by atoms with E-state index in [1.54, 1.807) is 38.1 Å². The van der Waals surface area contributed by atoms with E-state index in [2.05, 4.69) is 31.3 Å². The molecule has 5 amide bonds. The maximum Gasteiger partial charge on any atom is 0.312 e. The van der Waals surface area contributed by atoms with E-state index in [-0.39, 0.29) is 45.2 Å². The third-order valence-corrected chi connectivity index (χ3v) is 5.70. The van der Waals surface area contributed by atoms with Crippen molar-refractivity contribution in [3.05, 3.63) is 40.3 Å². The molecule has 0 saturated heterocycles. The predicted octanol–water partition coefficient (Wildman–Crippen LogP) is 0.518. The van der Waals surface area contributed by atoms with Crippen LogP contribution in [-0.2, 0) is 35.1 Å². The Balaban J connectivity index is 2.60. The molecule has 0 aliphatic rings. The van der Waals surface area contributed by atoms with Gasteiger partial charge in [0.15, 0.2) is 0 Å². The summed E-state index contributed by atoms with van der Waals surface area (Å²) >= 11 is 0. The number of nitrogens with one attached hydrogen (secondary N) is 4. The van der Waals surface area contributed by atoms with E-state index in [1.807, 2.05) is 0 Å². The normalized spacial score (nSPS) is 12.1. The second kappa shape index (κ2) is 21.8. The average Bonchev–Trinajstić information content (AvgIpc) is 2.96. The number of amides is 5. The van der Waals surface area contributed by atoms with Crippen molar-refractivity contribution >= 4 is 29.4 Å². The molecule has 16 heteroatoms. The SMILES string of the molecule is CC(C)[C@H](NC(=O)COCCOCCOCCN=[N+]=[N-])C(=O)N[C@@H](CCCNC(N)=O)C(=O)Nc1ccc(CN)cc1. The van der Waals surface area contributed by atoms with Gasteiger partial charge < -0.3 is 46.9 Å². The summed E-state index contributed by atoms with van der Waals surface area (Å²) in [5, 5.41) is 13.9. The Morgan fingerprint density at radius 1 is 0.952 bits per heavy atom. The molecule has 0 unspecified atom stereocenters. The number of urea groups is 1. The first-order valence-corrected chi connectivity index (χ1v) is 13.6. The van der Waals surface area contributed by atoms with Crippen molar-refractivity contribution in [2.45, 2.75) is 45.3 Å². The van der Waals surface area contributed by atoms with E-state index in [1.165, 1.54) is 0 Å². The Hall–Kier alpha value is -3.95. The summed E-state index contributed by atoms with van der Waals surface area (Å²) in [6.45, 7) is 5.39. The first-order chi connectivity index (χ1) is 20.2. The number of benzene rings is 1. The fourth-order valence-corrected chi connectivity index (χ4v) is 3.51. The maximum atomic E-state index is 13.2. The number of rotatable bonds is 22. The van der Waals surface area contributed by atoms with Gasteiger partial charge in [0.05, 0.1) is 33.0 Å². The zero-order valence-corrected chi connectivity index (χ0v) is 24.2. The van der Waals surface area contributed by atoms with Crippen LogP contribution in [0, 0.1) is 5.92 Å². The molecular formula is C26H43N9O7. The molecule has 16 nitrogen and oxygen atoms in total. The number of anilines is 1. The Morgan fingerprint density at radius 3 is 2.19 bits per heavy atom. The molecule has 0 spiro atoms. The highest BCUT2D eigenvalue weighted by Gasteiger charge is 2.28. The lowest BCUT2D eigenvalue weighted by Gasteiger charge is -2.25. The molecule has 0 heterocycles. The number of azide groups is 1. The van der Waals surface area contributed by atoms with Gasteiger partial charge in [-0.1, -0.05) is 31.1 Å². The van der Waals surface area contributed by atoms with Crippen molar-refractivity contribution in [3.63, 3.8) is 0 Å². The minimum absolute atomic E-state index is 0.151. The molecule has 0 bridgehead atoms. The molecule has 1 aromatic rings. The number of primary amides is 1. The zero-order chi connectivity index (χ0) is 31.2. The summed E-state index contributed by atoms with van der Waals surface area (Å²) in [4.78, 5) is 52.3. The monoisotopic (exact) mass is 593 g/mol. The maximum absolute atomic E-state index is 13.2. The second-order valence-corrected chi connectivity index (χ2v) is 9.41. The summed E-state index contributed by atoms with van der Waals surface area (Å²) < 4.78 is 15.9. The van der Waals surface area contributed by atoms with Crippen LogP contribution in [0.2, 0.25) is 0 Å². The van der Waals surface area contributed by atoms with Crippen molar-refractivity contribution in [3.8, 4) is 0 Å². The smallest absolute Gasteiger partial charge is 0.312 e. The van der Waals surface area contributed by atoms with E-state index >= 15 is 0 Å². The first kappa shape index (κ1) is 36.1. The number of carbonyl (C=O) groups excluding carboxylic acids is 4. The Bertz CT molecular complexity index is 1020. The Kier molecular flexibility index (Phi) is 18.7. The van der Waals surface area contributed by atoms with Crippen LogP contribution >= 0.6 is 0 Å². The molecule has 0 saturated carbocycles. The fraction of sp³-hybridized carbons (Fsp3) is 0.615. The number of hydrogen-bond donors (Lipinski definition) is 6. The lowest BCUT2D eigenvalue weighted by molar-refractivity contribution is -0.134. The molecule has 0 aliphatic carbocycles. The van der Waals surface area contributed by atoms with Crippen LogP contribution < -0.4 is 32.7 Å². The van der Waals surface area contributed by atoms with E-state index in [9.17, 15) is 19.2 Å². The number of ether oxygens (including phenoxy) is 3. The molecule has 0 fully saturated rings. The Morgan fingerprint density at radius 2 is 1.60 bits per heavy atom. The van der Waals surface area contributed by atoms with Gasteiger partial charge >= 0.3 is 6.03 Å². The average molecular weight is 594 g/mol. The summed E-state index contributed by atoms with van der Waals surface area (Å²) in [5.74, 6) is -1.79. The summed E-state index contributed by atoms with van der Waals surface area (Å²) in [6, 6.07) is 4.41. The van der Waals surface area contributed by atoms with Gasteiger partial charge in [-0.25, -0.2) is 4.79 Å². The van der Waals surface area contributed by atoms with Crippen LogP contribution in [0.1, 0.15) is 32.3 Å². The fourth-order valence-electron chi connectivity index (χ4n) is 3.51. The van der Waals surface area contributed by atoms with Gasteiger partial charge in [-0.2, -0.15) is 0 Å². The molecule has 0 radical (unpaired) electrons. The van der Waals surface area contributed by atoms with E-state index in [4.69, 9.17) is 31.2 Å². The van der Waals surface area contributed by atoms with Crippen LogP contribution in [0.4, 0.5) is 10.5 Å². The molecule has 234 valence electrons. The predicted molar refractivity (Wildman–Crippen MR) is 155 cm³/mol. The molecule has 1 rings (SSSR count). The Labute approximate surface area is 245 Å². The summed E-state index contributed by atoms with van der Waals surface area (Å²) in [7, 11) is 0. The topological polar surface area (TPSA) is 245 Å². The highest BCUT2D eigenvalue weighted by Crippen LogP contribution is 2.11. The van der Waals surface area contributed by atoms with Gasteiger partial charge in [-0.3, -0.25) is 14.4 Å². The highest BCUT2D eigenvalue weighted by molar-refractivity contribution is 5.98. The van der Waals surface area contributed by atoms with Crippen LogP contribution in [0.5, 0.6) is 0 Å². The van der Waals surface area contributed by atoms with Crippen molar-refractivity contribution in [1.82, 2.24) is 16.0 Å². The molecule has 2 atom stereocenters. The summed E-state index contributed by atoms with van der Waals surface area (Å²) in [6.07, 6.45) is 0.573. The van der Waals surface area contributed by atoms with Gasteiger partial charge in [0.25, 0.3) is 0 Å². The van der Waals surface area contributed by atoms with Crippen molar-refractivity contribution in [2.75, 3.05) is 58.0 Å². The van der Waals surface area contributed by atoms with Gasteiger partial charge in [0.1, 0.15) is 18.7 Å². The minimum atomic E-state index is -0.948. The summed E-state index contributed by atoms with van der Waals surface area (Å²) in [5.41, 5.74) is 20.3. The van der Waals surface area contributed by atoms with E-state index in [0.29, 0.717) is 38.5 Å². The molecule has 42 heavy (non-hydrogen) atoms. The second-order valence-electron chi connectivity index (χ2n) is 9.41. The van der Waals surface area contributed by atoms with Crippen molar-refractivity contribution in [2.24, 2.45) is 22.5 Å². The van der Waals surface area contributed by atoms with Crippen LogP contribution in [0.3, 0.4) is 0 Å².